The summed E-state index contributed by atoms with van der Waals surface area (Å²) in [6.45, 7) is 1.69. The molecule has 0 saturated heterocycles. The van der Waals surface area contributed by atoms with Crippen LogP contribution >= 0.6 is 11.8 Å². The highest BCUT2D eigenvalue weighted by Crippen LogP contribution is 2.50. The lowest BCUT2D eigenvalue weighted by Gasteiger charge is -2.43. The quantitative estimate of drug-likeness (QED) is 0.433. The molecule has 7 nitrogen and oxygen atoms in total. The van der Waals surface area contributed by atoms with Gasteiger partial charge in [-0.15, -0.1) is 11.8 Å². The summed E-state index contributed by atoms with van der Waals surface area (Å²) in [5.41, 5.74) is 1.56. The van der Waals surface area contributed by atoms with Gasteiger partial charge in [-0.3, -0.25) is 14.4 Å². The standard InChI is InChI=1S/C29H28F3N3O4S/c1-15(36)19-12-35-21(13-34(16(2)29(30,31)32)28(39)25(35)27(38)26(19)37)24-18-9-5-6-11-22(18)40-14-17-8-7-10-20(23(17)24)33(3)4/h5-12,16,21,24,38H,13-14H2,1-4H3/t16-,21?,24+/m1/s1. The van der Waals surface area contributed by atoms with Gasteiger partial charge >= 0.3 is 6.18 Å². The summed E-state index contributed by atoms with van der Waals surface area (Å²) >= 11 is 1.61. The van der Waals surface area contributed by atoms with Crippen LogP contribution in [0.3, 0.4) is 0 Å². The summed E-state index contributed by atoms with van der Waals surface area (Å²) in [5, 5.41) is 10.9. The number of ketones is 1. The Hall–Kier alpha value is -3.73. The first-order valence-corrected chi connectivity index (χ1v) is 13.7. The van der Waals surface area contributed by atoms with Crippen LogP contribution in [0.2, 0.25) is 0 Å². The number of anilines is 1. The van der Waals surface area contributed by atoms with Crippen molar-refractivity contribution >= 4 is 29.1 Å². The minimum absolute atomic E-state index is 0.339. The Morgan fingerprint density at radius 2 is 1.82 bits per heavy atom. The molecule has 5 rings (SSSR count). The maximum atomic E-state index is 14.0. The minimum Gasteiger partial charge on any atom is -0.503 e. The molecule has 3 heterocycles. The maximum absolute atomic E-state index is 14.0. The number of amides is 1. The van der Waals surface area contributed by atoms with Crippen LogP contribution < -0.4 is 10.3 Å². The fraction of sp³-hybridized carbons (Fsp3) is 0.345. The first-order valence-electron chi connectivity index (χ1n) is 12.7. The second kappa shape index (κ2) is 10.0. The number of carbonyl (C=O) groups is 2. The molecule has 1 aromatic heterocycles. The van der Waals surface area contributed by atoms with Crippen molar-refractivity contribution in [3.05, 3.63) is 86.8 Å². The molecule has 0 spiro atoms. The highest BCUT2D eigenvalue weighted by molar-refractivity contribution is 7.98. The van der Waals surface area contributed by atoms with E-state index in [1.54, 1.807) is 11.8 Å². The smallest absolute Gasteiger partial charge is 0.408 e. The number of halogens is 3. The average molecular weight is 572 g/mol. The van der Waals surface area contributed by atoms with Crippen LogP contribution in [0.5, 0.6) is 5.75 Å². The number of hydrogen-bond donors (Lipinski definition) is 1. The first kappa shape index (κ1) is 27.8. The molecule has 2 aliphatic heterocycles. The van der Waals surface area contributed by atoms with Crippen LogP contribution in [0.4, 0.5) is 18.9 Å². The summed E-state index contributed by atoms with van der Waals surface area (Å²) in [6, 6.07) is 10.4. The molecule has 0 saturated carbocycles. The van der Waals surface area contributed by atoms with Gasteiger partial charge in [-0.25, -0.2) is 0 Å². The molecule has 0 bridgehead atoms. The van der Waals surface area contributed by atoms with Gasteiger partial charge < -0.3 is 19.5 Å². The van der Waals surface area contributed by atoms with E-state index < -0.39 is 52.7 Å². The second-order valence-electron chi connectivity index (χ2n) is 10.3. The van der Waals surface area contributed by atoms with E-state index in [1.807, 2.05) is 61.5 Å². The molecule has 3 aromatic rings. The van der Waals surface area contributed by atoms with Crippen molar-refractivity contribution in [2.45, 2.75) is 48.7 Å². The molecule has 0 aliphatic carbocycles. The Kier molecular flexibility index (Phi) is 6.98. The van der Waals surface area contributed by atoms with E-state index in [0.29, 0.717) is 10.7 Å². The summed E-state index contributed by atoms with van der Waals surface area (Å²) in [4.78, 5) is 42.3. The molecule has 0 fully saturated rings. The lowest BCUT2D eigenvalue weighted by Crippen LogP contribution is -2.54. The summed E-state index contributed by atoms with van der Waals surface area (Å²) < 4.78 is 43.5. The number of pyridine rings is 1. The normalized spacial score (nSPS) is 19.3. The maximum Gasteiger partial charge on any atom is 0.408 e. The molecule has 1 amide bonds. The number of hydrogen-bond acceptors (Lipinski definition) is 6. The monoisotopic (exact) mass is 571 g/mol. The Morgan fingerprint density at radius 1 is 1.12 bits per heavy atom. The zero-order valence-corrected chi connectivity index (χ0v) is 23.1. The molecule has 11 heteroatoms. The van der Waals surface area contributed by atoms with Crippen LogP contribution in [0.25, 0.3) is 0 Å². The van der Waals surface area contributed by atoms with Gasteiger partial charge in [-0.05, 0) is 42.7 Å². The van der Waals surface area contributed by atoms with E-state index in [0.717, 1.165) is 41.1 Å². The number of aromatic hydroxyl groups is 1. The number of thioether (sulfide) groups is 1. The molecular weight excluding hydrogens is 543 g/mol. The zero-order chi connectivity index (χ0) is 29.1. The van der Waals surface area contributed by atoms with Crippen molar-refractivity contribution < 1.29 is 27.9 Å². The molecular formula is C29H28F3N3O4S. The number of benzene rings is 2. The molecule has 0 radical (unpaired) electrons. The van der Waals surface area contributed by atoms with E-state index >= 15 is 0 Å². The van der Waals surface area contributed by atoms with Crippen molar-refractivity contribution in [2.24, 2.45) is 0 Å². The van der Waals surface area contributed by atoms with Crippen LogP contribution in [-0.2, 0) is 5.75 Å². The Morgan fingerprint density at radius 3 is 2.48 bits per heavy atom. The lowest BCUT2D eigenvalue weighted by atomic mass is 9.80. The zero-order valence-electron chi connectivity index (χ0n) is 22.3. The molecule has 3 atom stereocenters. The SMILES string of the molecule is CC(=O)c1cn2c(c(O)c1=O)C(=O)N([C@H](C)C(F)(F)F)CC2[C@@H]1c2ccccc2SCc2cccc(N(C)C)c21. The van der Waals surface area contributed by atoms with Gasteiger partial charge in [-0.2, -0.15) is 13.2 Å². The summed E-state index contributed by atoms with van der Waals surface area (Å²) in [6.07, 6.45) is -3.53. The first-order chi connectivity index (χ1) is 18.8. The third kappa shape index (κ3) is 4.46. The van der Waals surface area contributed by atoms with E-state index in [-0.39, 0.29) is 12.1 Å². The lowest BCUT2D eigenvalue weighted by molar-refractivity contribution is -0.174. The number of aromatic nitrogens is 1. The van der Waals surface area contributed by atoms with E-state index in [4.69, 9.17) is 0 Å². The fourth-order valence-corrected chi connectivity index (χ4v) is 6.78. The highest BCUT2D eigenvalue weighted by atomic mass is 32.2. The van der Waals surface area contributed by atoms with Gasteiger partial charge in [0.15, 0.2) is 17.2 Å². The van der Waals surface area contributed by atoms with Gasteiger partial charge in [0.1, 0.15) is 6.04 Å². The van der Waals surface area contributed by atoms with E-state index in [9.17, 15) is 32.7 Å². The summed E-state index contributed by atoms with van der Waals surface area (Å²) in [5.74, 6) is -2.75. The number of Topliss-reactive ketones (excluding diaryl/α,β-unsaturated/α-hetero) is 1. The average Bonchev–Trinajstić information content (AvgIpc) is 3.06. The van der Waals surface area contributed by atoms with Crippen molar-refractivity contribution in [1.29, 1.82) is 0 Å². The van der Waals surface area contributed by atoms with Gasteiger partial charge in [0.25, 0.3) is 5.91 Å². The van der Waals surface area contributed by atoms with E-state index in [1.165, 1.54) is 10.8 Å². The second-order valence-corrected chi connectivity index (χ2v) is 11.3. The predicted molar refractivity (Wildman–Crippen MR) is 147 cm³/mol. The largest absolute Gasteiger partial charge is 0.503 e. The number of carbonyl (C=O) groups excluding carboxylic acids is 2. The van der Waals surface area contributed by atoms with Crippen LogP contribution in [0.1, 0.15) is 63.3 Å². The third-order valence-electron chi connectivity index (χ3n) is 7.72. The molecule has 210 valence electrons. The Labute approximate surface area is 233 Å². The number of alkyl halides is 3. The topological polar surface area (TPSA) is 82.8 Å². The molecule has 2 aromatic carbocycles. The molecule has 2 aliphatic rings. The van der Waals surface area contributed by atoms with Crippen molar-refractivity contribution in [1.82, 2.24) is 9.47 Å². The number of nitrogens with zero attached hydrogens (tertiary/aromatic N) is 3. The predicted octanol–water partition coefficient (Wildman–Crippen LogP) is 5.21. The van der Waals surface area contributed by atoms with Crippen LogP contribution in [0.15, 0.2) is 58.4 Å². The van der Waals surface area contributed by atoms with Gasteiger partial charge in [0.2, 0.25) is 5.43 Å². The molecule has 40 heavy (non-hydrogen) atoms. The van der Waals surface area contributed by atoms with Crippen LogP contribution in [0, 0.1) is 0 Å². The van der Waals surface area contributed by atoms with Crippen LogP contribution in [-0.4, -0.2) is 59.1 Å². The summed E-state index contributed by atoms with van der Waals surface area (Å²) in [7, 11) is 3.76. The molecule has 1 N–H and O–H groups in total. The third-order valence-corrected chi connectivity index (χ3v) is 8.86. The van der Waals surface area contributed by atoms with Gasteiger partial charge in [-0.1, -0.05) is 30.3 Å². The Bertz CT molecular complexity index is 1580. The van der Waals surface area contributed by atoms with E-state index in [2.05, 4.69) is 0 Å². The van der Waals surface area contributed by atoms with Crippen molar-refractivity contribution in [3.63, 3.8) is 0 Å². The highest BCUT2D eigenvalue weighted by Gasteiger charge is 2.49. The minimum atomic E-state index is -4.75. The van der Waals surface area contributed by atoms with Gasteiger partial charge in [0.05, 0.1) is 11.6 Å². The number of fused-ring (bicyclic) bond motifs is 3. The van der Waals surface area contributed by atoms with Gasteiger partial charge in [0, 0.05) is 49.1 Å². The molecule has 1 unspecified atom stereocenters. The fourth-order valence-electron chi connectivity index (χ4n) is 5.68. The van der Waals surface area contributed by atoms with Crippen molar-refractivity contribution in [3.8, 4) is 5.75 Å². The van der Waals surface area contributed by atoms with Crippen molar-refractivity contribution in [2.75, 3.05) is 25.5 Å². The number of rotatable bonds is 4. The Balaban J connectivity index is 1.88.